The lowest BCUT2D eigenvalue weighted by Gasteiger charge is -2.32. The van der Waals surface area contributed by atoms with Crippen molar-refractivity contribution in [1.82, 2.24) is 25.5 Å². The van der Waals surface area contributed by atoms with E-state index in [0.717, 1.165) is 87.7 Å². The van der Waals surface area contributed by atoms with Crippen LogP contribution in [0, 0.1) is 5.92 Å². The molecule has 1 aliphatic heterocycles. The number of nitrogens with one attached hydrogen (secondary N) is 4. The maximum absolute atomic E-state index is 13.1. The Morgan fingerprint density at radius 3 is 2.53 bits per heavy atom. The smallest absolute Gasteiger partial charge is 0.251 e. The average Bonchev–Trinajstić information content (AvgIpc) is 3.55. The number of aryl methyl sites for hydroxylation is 1. The highest BCUT2D eigenvalue weighted by Gasteiger charge is 2.25. The minimum atomic E-state index is -0.0540. The number of amides is 2. The molecule has 3 heterocycles. The van der Waals surface area contributed by atoms with Gasteiger partial charge in [0.2, 0.25) is 5.91 Å². The van der Waals surface area contributed by atoms with E-state index in [9.17, 15) is 9.59 Å². The topological polar surface area (TPSA) is 102 Å². The second kappa shape index (κ2) is 15.7. The van der Waals surface area contributed by atoms with Crippen LogP contribution in [0.15, 0.2) is 79.0 Å². The summed E-state index contributed by atoms with van der Waals surface area (Å²) in [4.78, 5) is 36.5. The summed E-state index contributed by atoms with van der Waals surface area (Å²) in [7, 11) is 0. The lowest BCUT2D eigenvalue weighted by Crippen LogP contribution is -2.42. The monoisotopic (exact) mass is 656 g/mol. The Labute approximate surface area is 289 Å². The number of piperidine rings is 1. The fraction of sp³-hybridized carbons (Fsp3) is 0.390. The van der Waals surface area contributed by atoms with E-state index in [1.165, 1.54) is 46.1 Å². The minimum Gasteiger partial charge on any atom is -0.384 e. The van der Waals surface area contributed by atoms with Crippen LogP contribution in [-0.2, 0) is 30.6 Å². The number of unbranched alkanes of at least 4 members (excludes halogenated alkanes) is 1. The lowest BCUT2D eigenvalue weighted by molar-refractivity contribution is -0.126. The van der Waals surface area contributed by atoms with Gasteiger partial charge in [-0.25, -0.2) is 0 Å². The van der Waals surface area contributed by atoms with E-state index in [0.29, 0.717) is 18.7 Å². The molecule has 8 heteroatoms. The Morgan fingerprint density at radius 2 is 1.63 bits per heavy atom. The van der Waals surface area contributed by atoms with Gasteiger partial charge in [-0.05, 0) is 105 Å². The van der Waals surface area contributed by atoms with E-state index in [4.69, 9.17) is 4.98 Å². The van der Waals surface area contributed by atoms with E-state index in [1.807, 2.05) is 42.6 Å². The number of hydrogen-bond donors (Lipinski definition) is 4. The molecule has 2 amide bonds. The summed E-state index contributed by atoms with van der Waals surface area (Å²) in [6, 6.07) is 24.6. The molecule has 1 fully saturated rings. The first-order valence-corrected chi connectivity index (χ1v) is 18.2. The zero-order valence-corrected chi connectivity index (χ0v) is 28.4. The molecule has 254 valence electrons. The highest BCUT2D eigenvalue weighted by Crippen LogP contribution is 2.33. The van der Waals surface area contributed by atoms with Gasteiger partial charge in [0.05, 0.1) is 11.4 Å². The maximum atomic E-state index is 13.1. The molecule has 0 spiro atoms. The number of carbonyl (C=O) groups is 2. The first-order chi connectivity index (χ1) is 24.1. The molecule has 2 aliphatic rings. The van der Waals surface area contributed by atoms with Gasteiger partial charge in [-0.3, -0.25) is 19.5 Å². The summed E-state index contributed by atoms with van der Waals surface area (Å²) in [5.74, 6) is 0.136. The molecule has 1 saturated heterocycles. The number of aromatic amines is 1. The van der Waals surface area contributed by atoms with Crippen molar-refractivity contribution >= 4 is 39.3 Å². The van der Waals surface area contributed by atoms with Crippen molar-refractivity contribution in [2.45, 2.75) is 64.3 Å². The first kappa shape index (κ1) is 32.8. The number of benzene rings is 3. The molecular formula is C41H48N6O2. The summed E-state index contributed by atoms with van der Waals surface area (Å²) in [6.07, 6.45) is 11.3. The normalized spacial score (nSPS) is 16.4. The number of anilines is 1. The van der Waals surface area contributed by atoms with Gasteiger partial charge < -0.3 is 20.9 Å². The van der Waals surface area contributed by atoms with Gasteiger partial charge in [-0.1, -0.05) is 48.5 Å². The van der Waals surface area contributed by atoms with Crippen molar-refractivity contribution in [3.8, 4) is 0 Å². The molecule has 4 N–H and O–H groups in total. The molecule has 0 saturated carbocycles. The zero-order valence-electron chi connectivity index (χ0n) is 28.4. The Bertz CT molecular complexity index is 1900. The fourth-order valence-corrected chi connectivity index (χ4v) is 7.58. The minimum absolute atomic E-state index is 0.0174. The second-order valence-corrected chi connectivity index (χ2v) is 13.7. The van der Waals surface area contributed by atoms with Crippen molar-refractivity contribution in [3.05, 3.63) is 107 Å². The standard InChI is InChI=1S/C41H48N6O2/c48-40(44-24-21-31-26-45-36-14-4-1-11-33(31)36)30-19-17-29(18-20-30)27-47-25-9-10-32(28-47)41(49)43-23-8-7-22-42-39-34-12-2-5-15-37(34)46-38-16-6-3-13-35(38)39/h1-2,4-5,11-12,14-15,17-20,26,32,45H,3,6-10,13,16,21-25,27-28H2,(H,42,46)(H,43,49)(H,44,48)/t32-/m0/s1. The van der Waals surface area contributed by atoms with Crippen LogP contribution in [0.25, 0.3) is 21.8 Å². The highest BCUT2D eigenvalue weighted by molar-refractivity contribution is 5.94. The molecule has 7 rings (SSSR count). The predicted molar refractivity (Wildman–Crippen MR) is 198 cm³/mol. The van der Waals surface area contributed by atoms with Crippen LogP contribution in [-0.4, -0.2) is 59.4 Å². The third-order valence-corrected chi connectivity index (χ3v) is 10.2. The zero-order chi connectivity index (χ0) is 33.4. The average molecular weight is 657 g/mol. The Balaban J connectivity index is 0.819. The number of rotatable bonds is 13. The summed E-state index contributed by atoms with van der Waals surface area (Å²) >= 11 is 0. The fourth-order valence-electron chi connectivity index (χ4n) is 7.58. The molecule has 8 nitrogen and oxygen atoms in total. The number of nitrogens with zero attached hydrogens (tertiary/aromatic N) is 2. The van der Waals surface area contributed by atoms with Crippen molar-refractivity contribution < 1.29 is 9.59 Å². The second-order valence-electron chi connectivity index (χ2n) is 13.7. The van der Waals surface area contributed by atoms with Gasteiger partial charge in [0.1, 0.15) is 0 Å². The molecule has 2 aromatic heterocycles. The number of hydrogen-bond acceptors (Lipinski definition) is 5. The number of carbonyl (C=O) groups excluding carboxylic acids is 2. The Hall–Kier alpha value is -4.69. The molecular weight excluding hydrogens is 608 g/mol. The van der Waals surface area contributed by atoms with E-state index >= 15 is 0 Å². The van der Waals surface area contributed by atoms with Gasteiger partial charge in [-0.15, -0.1) is 0 Å². The summed E-state index contributed by atoms with van der Waals surface area (Å²) < 4.78 is 0. The summed E-state index contributed by atoms with van der Waals surface area (Å²) in [5, 5.41) is 12.4. The molecule has 1 atom stereocenters. The van der Waals surface area contributed by atoms with Crippen molar-refractivity contribution in [1.29, 1.82) is 0 Å². The molecule has 0 radical (unpaired) electrons. The lowest BCUT2D eigenvalue weighted by atomic mass is 9.92. The van der Waals surface area contributed by atoms with E-state index in [-0.39, 0.29) is 17.7 Å². The number of fused-ring (bicyclic) bond motifs is 3. The molecule has 1 aliphatic carbocycles. The van der Waals surface area contributed by atoms with Crippen LogP contribution in [0.5, 0.6) is 0 Å². The van der Waals surface area contributed by atoms with Crippen LogP contribution in [0.3, 0.4) is 0 Å². The van der Waals surface area contributed by atoms with Crippen LogP contribution in [0.1, 0.15) is 71.3 Å². The molecule has 3 aromatic carbocycles. The largest absolute Gasteiger partial charge is 0.384 e. The van der Waals surface area contributed by atoms with Gasteiger partial charge in [0.15, 0.2) is 0 Å². The van der Waals surface area contributed by atoms with Gasteiger partial charge in [0.25, 0.3) is 5.91 Å². The van der Waals surface area contributed by atoms with Crippen LogP contribution < -0.4 is 16.0 Å². The Kier molecular flexibility index (Phi) is 10.5. The van der Waals surface area contributed by atoms with Crippen LogP contribution in [0.4, 0.5) is 5.69 Å². The third kappa shape index (κ3) is 7.97. The molecule has 0 bridgehead atoms. The van der Waals surface area contributed by atoms with E-state index < -0.39 is 0 Å². The van der Waals surface area contributed by atoms with Gasteiger partial charge in [-0.2, -0.15) is 0 Å². The number of aromatic nitrogens is 2. The third-order valence-electron chi connectivity index (χ3n) is 10.2. The van der Waals surface area contributed by atoms with Gasteiger partial charge in [0, 0.05) is 72.2 Å². The quantitative estimate of drug-likeness (QED) is 0.105. The molecule has 5 aromatic rings. The first-order valence-electron chi connectivity index (χ1n) is 18.2. The van der Waals surface area contributed by atoms with Crippen molar-refractivity contribution in [3.63, 3.8) is 0 Å². The number of likely N-dealkylation sites (tertiary alicyclic amines) is 1. The van der Waals surface area contributed by atoms with E-state index in [1.54, 1.807) is 0 Å². The van der Waals surface area contributed by atoms with Crippen LogP contribution >= 0.6 is 0 Å². The predicted octanol–water partition coefficient (Wildman–Crippen LogP) is 6.79. The Morgan fingerprint density at radius 1 is 0.837 bits per heavy atom. The number of H-pyrrole nitrogens is 1. The number of para-hydroxylation sites is 2. The SMILES string of the molecule is O=C(NCCc1c[nH]c2ccccc12)c1ccc(CN2CCC[C@H](C(=O)NCCCCNc3c4c(nc5ccccc35)CCCC4)C2)cc1. The van der Waals surface area contributed by atoms with Crippen LogP contribution in [0.2, 0.25) is 0 Å². The summed E-state index contributed by atoms with van der Waals surface area (Å²) in [5.41, 5.74) is 9.15. The summed E-state index contributed by atoms with van der Waals surface area (Å²) in [6.45, 7) is 4.71. The molecule has 49 heavy (non-hydrogen) atoms. The van der Waals surface area contributed by atoms with Crippen molar-refractivity contribution in [2.24, 2.45) is 5.92 Å². The molecule has 0 unspecified atom stereocenters. The van der Waals surface area contributed by atoms with E-state index in [2.05, 4.69) is 62.2 Å². The van der Waals surface area contributed by atoms with Gasteiger partial charge >= 0.3 is 0 Å². The number of pyridine rings is 1. The maximum Gasteiger partial charge on any atom is 0.251 e. The highest BCUT2D eigenvalue weighted by atomic mass is 16.2. The van der Waals surface area contributed by atoms with Crippen molar-refractivity contribution in [2.75, 3.05) is 38.0 Å².